The first kappa shape index (κ1) is 11.9. The molecule has 0 aromatic carbocycles. The summed E-state index contributed by atoms with van der Waals surface area (Å²) in [5.74, 6) is 0. The molecule has 1 aliphatic rings. The second-order valence-electron chi connectivity index (χ2n) is 3.84. The number of nitrogens with one attached hydrogen (secondary N) is 1. The highest BCUT2D eigenvalue weighted by Gasteiger charge is 2.20. The third kappa shape index (κ3) is 4.39. The van der Waals surface area contributed by atoms with Gasteiger partial charge in [0.25, 0.3) is 0 Å². The van der Waals surface area contributed by atoms with Gasteiger partial charge >= 0.3 is 0 Å². The van der Waals surface area contributed by atoms with E-state index in [1.807, 2.05) is 6.92 Å². The molecule has 14 heavy (non-hydrogen) atoms. The molecule has 0 aromatic heterocycles. The lowest BCUT2D eigenvalue weighted by Gasteiger charge is -2.17. The molecule has 0 saturated heterocycles. The van der Waals surface area contributed by atoms with Crippen molar-refractivity contribution in [2.45, 2.75) is 32.2 Å². The van der Waals surface area contributed by atoms with Gasteiger partial charge in [0.15, 0.2) is 0 Å². The summed E-state index contributed by atoms with van der Waals surface area (Å²) in [4.78, 5) is 0. The highest BCUT2D eigenvalue weighted by molar-refractivity contribution is 7.88. The number of rotatable bonds is 7. The van der Waals surface area contributed by atoms with Crippen LogP contribution in [0.1, 0.15) is 26.2 Å². The first-order valence-electron chi connectivity index (χ1n) is 5.22. The summed E-state index contributed by atoms with van der Waals surface area (Å²) in [7, 11) is -2.99. The van der Waals surface area contributed by atoms with Crippen LogP contribution < -0.4 is 5.32 Å². The smallest absolute Gasteiger partial charge is 0.211 e. The molecule has 0 radical (unpaired) electrons. The van der Waals surface area contributed by atoms with E-state index >= 15 is 0 Å². The van der Waals surface area contributed by atoms with Gasteiger partial charge in [0.1, 0.15) is 0 Å². The third-order valence-electron chi connectivity index (χ3n) is 2.42. The standard InChI is InChI=1S/C9H20N2O2S/c1-3-11(14(2,12)13)8-4-7-10-9-5-6-9/h9-10H,3-8H2,1-2H3. The number of sulfonamides is 1. The van der Waals surface area contributed by atoms with Crippen molar-refractivity contribution in [2.24, 2.45) is 0 Å². The molecule has 0 atom stereocenters. The molecule has 84 valence electrons. The third-order valence-corrected chi connectivity index (χ3v) is 3.80. The highest BCUT2D eigenvalue weighted by Crippen LogP contribution is 2.18. The van der Waals surface area contributed by atoms with E-state index in [1.165, 1.54) is 23.4 Å². The van der Waals surface area contributed by atoms with Gasteiger partial charge in [-0.25, -0.2) is 12.7 Å². The monoisotopic (exact) mass is 220 g/mol. The molecule has 4 nitrogen and oxygen atoms in total. The maximum Gasteiger partial charge on any atom is 0.211 e. The lowest BCUT2D eigenvalue weighted by Crippen LogP contribution is -2.32. The van der Waals surface area contributed by atoms with Crippen LogP contribution in [-0.4, -0.2) is 44.7 Å². The molecule has 0 aromatic rings. The highest BCUT2D eigenvalue weighted by atomic mass is 32.2. The second-order valence-corrected chi connectivity index (χ2v) is 5.82. The summed E-state index contributed by atoms with van der Waals surface area (Å²) in [5.41, 5.74) is 0. The Morgan fingerprint density at radius 2 is 2.07 bits per heavy atom. The topological polar surface area (TPSA) is 49.4 Å². The van der Waals surface area contributed by atoms with Crippen LogP contribution in [0.3, 0.4) is 0 Å². The fraction of sp³-hybridized carbons (Fsp3) is 1.00. The van der Waals surface area contributed by atoms with Gasteiger partial charge in [-0.2, -0.15) is 0 Å². The summed E-state index contributed by atoms with van der Waals surface area (Å²) >= 11 is 0. The maximum atomic E-state index is 11.2. The van der Waals surface area contributed by atoms with Crippen molar-refractivity contribution >= 4 is 10.0 Å². The Hall–Kier alpha value is -0.130. The summed E-state index contributed by atoms with van der Waals surface area (Å²) < 4.78 is 23.9. The van der Waals surface area contributed by atoms with Crippen LogP contribution in [0.4, 0.5) is 0 Å². The largest absolute Gasteiger partial charge is 0.314 e. The molecule has 1 rings (SSSR count). The summed E-state index contributed by atoms with van der Waals surface area (Å²) in [6.45, 7) is 4.00. The average Bonchev–Trinajstić information content (AvgIpc) is 2.85. The minimum atomic E-state index is -2.99. The van der Waals surface area contributed by atoms with Gasteiger partial charge in [0.2, 0.25) is 10.0 Å². The van der Waals surface area contributed by atoms with Crippen LogP contribution in [0.15, 0.2) is 0 Å². The van der Waals surface area contributed by atoms with E-state index in [2.05, 4.69) is 5.32 Å². The molecule has 1 saturated carbocycles. The first-order valence-corrected chi connectivity index (χ1v) is 7.07. The van der Waals surface area contributed by atoms with E-state index in [4.69, 9.17) is 0 Å². The maximum absolute atomic E-state index is 11.2. The minimum Gasteiger partial charge on any atom is -0.314 e. The first-order chi connectivity index (χ1) is 6.54. The molecule has 1 fully saturated rings. The molecule has 1 aliphatic carbocycles. The predicted octanol–water partition coefficient (Wildman–Crippen LogP) is 0.410. The molecule has 0 heterocycles. The quantitative estimate of drug-likeness (QED) is 0.632. The van der Waals surface area contributed by atoms with Crippen molar-refractivity contribution in [2.75, 3.05) is 25.9 Å². The predicted molar refractivity (Wildman–Crippen MR) is 57.7 cm³/mol. The van der Waals surface area contributed by atoms with E-state index in [-0.39, 0.29) is 0 Å². The van der Waals surface area contributed by atoms with Crippen LogP contribution in [0.2, 0.25) is 0 Å². The van der Waals surface area contributed by atoms with Crippen LogP contribution in [-0.2, 0) is 10.0 Å². The summed E-state index contributed by atoms with van der Waals surface area (Å²) in [5, 5.41) is 3.37. The van der Waals surface area contributed by atoms with Gasteiger partial charge in [0.05, 0.1) is 6.26 Å². The van der Waals surface area contributed by atoms with Crippen molar-refractivity contribution in [3.63, 3.8) is 0 Å². The van der Waals surface area contributed by atoms with Gasteiger partial charge in [-0.3, -0.25) is 0 Å². The Kier molecular flexibility index (Phi) is 4.34. The van der Waals surface area contributed by atoms with Crippen LogP contribution in [0.25, 0.3) is 0 Å². The fourth-order valence-electron chi connectivity index (χ4n) is 1.41. The SMILES string of the molecule is CCN(CCCNC1CC1)S(C)(=O)=O. The normalized spacial score (nSPS) is 17.6. The van der Waals surface area contributed by atoms with Crippen molar-refractivity contribution < 1.29 is 8.42 Å². The lowest BCUT2D eigenvalue weighted by molar-refractivity contribution is 0.419. The van der Waals surface area contributed by atoms with Crippen molar-refractivity contribution in [1.82, 2.24) is 9.62 Å². The number of nitrogens with zero attached hydrogens (tertiary/aromatic N) is 1. The molecule has 1 N–H and O–H groups in total. The van der Waals surface area contributed by atoms with Crippen molar-refractivity contribution in [3.8, 4) is 0 Å². The van der Waals surface area contributed by atoms with Gasteiger partial charge in [0, 0.05) is 19.1 Å². The van der Waals surface area contributed by atoms with E-state index in [0.717, 1.165) is 13.0 Å². The summed E-state index contributed by atoms with van der Waals surface area (Å²) in [6, 6.07) is 0.711. The molecular weight excluding hydrogens is 200 g/mol. The minimum absolute atomic E-state index is 0.572. The van der Waals surface area contributed by atoms with Crippen molar-refractivity contribution in [1.29, 1.82) is 0 Å². The zero-order valence-corrected chi connectivity index (χ0v) is 9.81. The fourth-order valence-corrected chi connectivity index (χ4v) is 2.34. The number of hydrogen-bond donors (Lipinski definition) is 1. The molecule has 5 heteroatoms. The Morgan fingerprint density at radius 1 is 1.43 bits per heavy atom. The van der Waals surface area contributed by atoms with Gasteiger partial charge in [-0.15, -0.1) is 0 Å². The molecule has 0 unspecified atom stereocenters. The van der Waals surface area contributed by atoms with Crippen LogP contribution in [0.5, 0.6) is 0 Å². The molecule has 0 bridgehead atoms. The zero-order chi connectivity index (χ0) is 10.6. The Labute approximate surface area is 86.7 Å². The Bertz CT molecular complexity index is 260. The van der Waals surface area contributed by atoms with E-state index in [9.17, 15) is 8.42 Å². The Balaban J connectivity index is 2.13. The molecular formula is C9H20N2O2S. The molecule has 0 aliphatic heterocycles. The van der Waals surface area contributed by atoms with Gasteiger partial charge in [-0.1, -0.05) is 6.92 Å². The molecule has 0 spiro atoms. The van der Waals surface area contributed by atoms with Gasteiger partial charge in [-0.05, 0) is 25.8 Å². The lowest BCUT2D eigenvalue weighted by atomic mass is 10.4. The zero-order valence-electron chi connectivity index (χ0n) is 8.99. The van der Waals surface area contributed by atoms with Crippen LogP contribution in [0, 0.1) is 0 Å². The van der Waals surface area contributed by atoms with E-state index in [0.29, 0.717) is 19.1 Å². The second kappa shape index (κ2) is 5.09. The average molecular weight is 220 g/mol. The van der Waals surface area contributed by atoms with Crippen molar-refractivity contribution in [3.05, 3.63) is 0 Å². The van der Waals surface area contributed by atoms with Crippen LogP contribution >= 0.6 is 0 Å². The van der Waals surface area contributed by atoms with E-state index < -0.39 is 10.0 Å². The summed E-state index contributed by atoms with van der Waals surface area (Å²) in [6.07, 6.45) is 4.73. The van der Waals surface area contributed by atoms with Gasteiger partial charge < -0.3 is 5.32 Å². The Morgan fingerprint density at radius 3 is 2.50 bits per heavy atom. The molecule has 0 amide bonds. The number of hydrogen-bond acceptors (Lipinski definition) is 3. The van der Waals surface area contributed by atoms with E-state index in [1.54, 1.807) is 0 Å².